The second-order valence-electron chi connectivity index (χ2n) is 5.58. The molecule has 0 spiro atoms. The smallest absolute Gasteiger partial charge is 0.191 e. The first-order valence-corrected chi connectivity index (χ1v) is 9.44. The molecule has 1 saturated heterocycles. The van der Waals surface area contributed by atoms with Crippen LogP contribution in [0.5, 0.6) is 0 Å². The fraction of sp³-hybridized carbons (Fsp3) is 0.667. The van der Waals surface area contributed by atoms with Crippen LogP contribution in [0.4, 0.5) is 0 Å². The maximum absolute atomic E-state index is 9.26. The maximum Gasteiger partial charge on any atom is 0.191 e. The summed E-state index contributed by atoms with van der Waals surface area (Å²) in [5, 5.41) is 16.0. The van der Waals surface area contributed by atoms with E-state index in [1.807, 2.05) is 11.3 Å². The number of ether oxygens (including phenoxy) is 1. The number of hydrogen-bond donors (Lipinski definition) is 3. The highest BCUT2D eigenvalue weighted by Gasteiger charge is 2.34. The van der Waals surface area contributed by atoms with Crippen LogP contribution >= 0.6 is 33.9 Å². The predicted molar refractivity (Wildman–Crippen MR) is 99.7 cm³/mol. The number of aliphatic hydroxyl groups excluding tert-OH is 1. The topological polar surface area (TPSA) is 65.9 Å². The molecule has 0 aromatic carbocycles. The van der Waals surface area contributed by atoms with Crippen molar-refractivity contribution in [2.75, 3.05) is 40.0 Å². The maximum atomic E-state index is 9.26. The fourth-order valence-electron chi connectivity index (χ4n) is 2.59. The Bertz CT molecular complexity index is 487. The van der Waals surface area contributed by atoms with Crippen LogP contribution in [-0.2, 0) is 11.2 Å². The molecule has 2 heterocycles. The second kappa shape index (κ2) is 9.05. The van der Waals surface area contributed by atoms with E-state index < -0.39 is 0 Å². The summed E-state index contributed by atoms with van der Waals surface area (Å²) in [4.78, 5) is 5.65. The Morgan fingerprint density at radius 2 is 2.36 bits per heavy atom. The van der Waals surface area contributed by atoms with Crippen molar-refractivity contribution in [3.63, 3.8) is 0 Å². The molecule has 124 valence electrons. The summed E-state index contributed by atoms with van der Waals surface area (Å²) < 4.78 is 6.83. The van der Waals surface area contributed by atoms with Gasteiger partial charge in [0.15, 0.2) is 5.96 Å². The van der Waals surface area contributed by atoms with Gasteiger partial charge >= 0.3 is 0 Å². The standard InChI is InChI=1S/C15H24IN3O2S/c1-17-14(18-7-4-12-2-3-13(16)22-12)19-10-15(5-8-20)6-9-21-11-15/h2-3,20H,4-11H2,1H3,(H2,17,18,19). The molecule has 22 heavy (non-hydrogen) atoms. The first-order chi connectivity index (χ1) is 10.7. The molecule has 5 nitrogen and oxygen atoms in total. The van der Waals surface area contributed by atoms with Crippen LogP contribution in [0, 0.1) is 8.30 Å². The minimum atomic E-state index is 0.0379. The molecular weight excluding hydrogens is 413 g/mol. The zero-order chi connectivity index (χ0) is 15.8. The Morgan fingerprint density at radius 3 is 2.95 bits per heavy atom. The molecule has 0 bridgehead atoms. The van der Waals surface area contributed by atoms with Gasteiger partial charge in [-0.1, -0.05) is 0 Å². The number of halogens is 1. The summed E-state index contributed by atoms with van der Waals surface area (Å²) in [7, 11) is 1.78. The molecule has 1 aromatic rings. The van der Waals surface area contributed by atoms with E-state index in [9.17, 15) is 5.11 Å². The van der Waals surface area contributed by atoms with Crippen LogP contribution in [-0.4, -0.2) is 51.0 Å². The van der Waals surface area contributed by atoms with Crippen molar-refractivity contribution in [3.05, 3.63) is 19.9 Å². The Morgan fingerprint density at radius 1 is 1.50 bits per heavy atom. The minimum absolute atomic E-state index is 0.0379. The molecule has 3 N–H and O–H groups in total. The Balaban J connectivity index is 1.74. The second-order valence-corrected chi connectivity index (χ2v) is 8.65. The first-order valence-electron chi connectivity index (χ1n) is 7.55. The van der Waals surface area contributed by atoms with Gasteiger partial charge in [-0.3, -0.25) is 4.99 Å². The molecule has 0 aliphatic carbocycles. The van der Waals surface area contributed by atoms with Crippen LogP contribution in [0.15, 0.2) is 17.1 Å². The van der Waals surface area contributed by atoms with Gasteiger partial charge in [0.2, 0.25) is 0 Å². The molecule has 0 saturated carbocycles. The lowest BCUT2D eigenvalue weighted by Crippen LogP contribution is -2.44. The molecule has 1 aromatic heterocycles. The van der Waals surface area contributed by atoms with E-state index in [0.717, 1.165) is 44.9 Å². The third-order valence-electron chi connectivity index (χ3n) is 3.97. The van der Waals surface area contributed by atoms with E-state index in [1.54, 1.807) is 7.05 Å². The van der Waals surface area contributed by atoms with E-state index in [1.165, 1.54) is 7.76 Å². The van der Waals surface area contributed by atoms with Crippen LogP contribution in [0.3, 0.4) is 0 Å². The molecular formula is C15H24IN3O2S. The number of nitrogens with zero attached hydrogens (tertiary/aromatic N) is 1. The van der Waals surface area contributed by atoms with Crippen molar-refractivity contribution in [2.45, 2.75) is 19.3 Å². The highest BCUT2D eigenvalue weighted by molar-refractivity contribution is 14.1. The Kier molecular flexibility index (Phi) is 7.39. The van der Waals surface area contributed by atoms with E-state index in [4.69, 9.17) is 4.74 Å². The normalized spacial score (nSPS) is 22.0. The number of nitrogens with one attached hydrogen (secondary N) is 2. The fourth-order valence-corrected chi connectivity index (χ4v) is 4.35. The summed E-state index contributed by atoms with van der Waals surface area (Å²) >= 11 is 4.18. The van der Waals surface area contributed by atoms with Crippen molar-refractivity contribution >= 4 is 39.9 Å². The minimum Gasteiger partial charge on any atom is -0.396 e. The summed E-state index contributed by atoms with van der Waals surface area (Å²) in [6.07, 6.45) is 2.76. The molecule has 2 rings (SSSR count). The summed E-state index contributed by atoms with van der Waals surface area (Å²) in [6.45, 7) is 3.34. The Labute approximate surface area is 149 Å². The van der Waals surface area contributed by atoms with Crippen LogP contribution in [0.2, 0.25) is 0 Å². The van der Waals surface area contributed by atoms with Gasteiger partial charge in [-0.2, -0.15) is 0 Å². The van der Waals surface area contributed by atoms with Crippen LogP contribution in [0.25, 0.3) is 0 Å². The average Bonchev–Trinajstić information content (AvgIpc) is 3.13. The molecule has 1 fully saturated rings. The zero-order valence-corrected chi connectivity index (χ0v) is 15.9. The summed E-state index contributed by atoms with van der Waals surface area (Å²) in [6, 6.07) is 4.32. The van der Waals surface area contributed by atoms with Gasteiger partial charge in [0.1, 0.15) is 0 Å². The van der Waals surface area contributed by atoms with Crippen molar-refractivity contribution in [2.24, 2.45) is 10.4 Å². The summed E-state index contributed by atoms with van der Waals surface area (Å²) in [5.41, 5.74) is 0.0379. The lowest BCUT2D eigenvalue weighted by molar-refractivity contribution is 0.127. The van der Waals surface area contributed by atoms with Crippen LogP contribution in [0.1, 0.15) is 17.7 Å². The SMILES string of the molecule is CN=C(NCCc1ccc(I)s1)NCC1(CCO)CCOC1. The molecule has 1 unspecified atom stereocenters. The first kappa shape index (κ1) is 18.0. The number of rotatable bonds is 7. The van der Waals surface area contributed by atoms with Gasteiger partial charge in [-0.25, -0.2) is 0 Å². The average molecular weight is 437 g/mol. The number of thiophene rings is 1. The van der Waals surface area contributed by atoms with Crippen LogP contribution < -0.4 is 10.6 Å². The van der Waals surface area contributed by atoms with E-state index in [2.05, 4.69) is 50.3 Å². The third kappa shape index (κ3) is 5.36. The summed E-state index contributed by atoms with van der Waals surface area (Å²) in [5.74, 6) is 0.815. The molecule has 1 aliphatic rings. The third-order valence-corrected chi connectivity index (χ3v) is 5.93. The monoisotopic (exact) mass is 437 g/mol. The highest BCUT2D eigenvalue weighted by Crippen LogP contribution is 2.31. The molecule has 0 radical (unpaired) electrons. The predicted octanol–water partition coefficient (Wildman–Crippen LogP) is 1.85. The van der Waals surface area contributed by atoms with E-state index in [-0.39, 0.29) is 12.0 Å². The van der Waals surface area contributed by atoms with E-state index >= 15 is 0 Å². The number of hydrogen-bond acceptors (Lipinski definition) is 4. The zero-order valence-electron chi connectivity index (χ0n) is 12.9. The quantitative estimate of drug-likeness (QED) is 0.346. The van der Waals surface area contributed by atoms with Gasteiger partial charge in [-0.05, 0) is 54.0 Å². The molecule has 1 atom stereocenters. The van der Waals surface area contributed by atoms with Crippen molar-refractivity contribution in [3.8, 4) is 0 Å². The van der Waals surface area contributed by atoms with Gasteiger partial charge in [-0.15, -0.1) is 11.3 Å². The van der Waals surface area contributed by atoms with Crippen molar-refractivity contribution in [1.29, 1.82) is 0 Å². The molecule has 7 heteroatoms. The highest BCUT2D eigenvalue weighted by atomic mass is 127. The molecule has 1 aliphatic heterocycles. The number of aliphatic hydroxyl groups is 1. The van der Waals surface area contributed by atoms with Gasteiger partial charge in [0, 0.05) is 43.6 Å². The van der Waals surface area contributed by atoms with Crippen molar-refractivity contribution in [1.82, 2.24) is 10.6 Å². The lowest BCUT2D eigenvalue weighted by atomic mass is 9.84. The van der Waals surface area contributed by atoms with E-state index in [0.29, 0.717) is 6.61 Å². The van der Waals surface area contributed by atoms with Crippen molar-refractivity contribution < 1.29 is 9.84 Å². The van der Waals surface area contributed by atoms with Gasteiger partial charge in [0.05, 0.1) is 9.49 Å². The van der Waals surface area contributed by atoms with Gasteiger partial charge in [0.25, 0.3) is 0 Å². The number of guanidine groups is 1. The number of aliphatic imine (C=N–C) groups is 1. The Hall–Kier alpha value is -0.380. The lowest BCUT2D eigenvalue weighted by Gasteiger charge is -2.27. The largest absolute Gasteiger partial charge is 0.396 e. The van der Waals surface area contributed by atoms with Gasteiger partial charge < -0.3 is 20.5 Å². The molecule has 0 amide bonds.